The van der Waals surface area contributed by atoms with E-state index in [1.165, 1.54) is 0 Å². The first-order chi connectivity index (χ1) is 9.56. The van der Waals surface area contributed by atoms with E-state index in [-0.39, 0.29) is 18.2 Å². The Morgan fingerprint density at radius 3 is 2.95 bits per heavy atom. The number of anilines is 1. The molecule has 1 fully saturated rings. The van der Waals surface area contributed by atoms with Crippen LogP contribution in [0.1, 0.15) is 12.8 Å². The van der Waals surface area contributed by atoms with E-state index >= 15 is 0 Å². The molecule has 1 heterocycles. The minimum absolute atomic E-state index is 0.0503. The van der Waals surface area contributed by atoms with Crippen molar-refractivity contribution in [2.45, 2.75) is 18.9 Å². The van der Waals surface area contributed by atoms with Gasteiger partial charge in [0.2, 0.25) is 11.8 Å². The zero-order chi connectivity index (χ0) is 14.5. The molecule has 2 amide bonds. The molecule has 0 aromatic heterocycles. The smallest absolute Gasteiger partial charge is 0.237 e. The van der Waals surface area contributed by atoms with Crippen LogP contribution in [0.25, 0.3) is 0 Å². The number of hydrogen-bond donors (Lipinski definition) is 3. The van der Waals surface area contributed by atoms with Gasteiger partial charge in [-0.1, -0.05) is 23.2 Å². The first kappa shape index (κ1) is 15.1. The van der Waals surface area contributed by atoms with E-state index in [0.29, 0.717) is 28.8 Å². The van der Waals surface area contributed by atoms with Gasteiger partial charge in [-0.2, -0.15) is 0 Å². The van der Waals surface area contributed by atoms with Crippen molar-refractivity contribution in [2.75, 3.05) is 18.4 Å². The summed E-state index contributed by atoms with van der Waals surface area (Å²) >= 11 is 11.8. The summed E-state index contributed by atoms with van der Waals surface area (Å²) in [6, 6.07) is 4.30. The number of halogens is 2. The summed E-state index contributed by atoms with van der Waals surface area (Å²) < 4.78 is 0. The van der Waals surface area contributed by atoms with Gasteiger partial charge in [-0.3, -0.25) is 9.59 Å². The van der Waals surface area contributed by atoms with Gasteiger partial charge in [-0.15, -0.1) is 0 Å². The van der Waals surface area contributed by atoms with Crippen molar-refractivity contribution in [3.63, 3.8) is 0 Å². The molecular weight excluding hydrogens is 301 g/mol. The molecule has 0 aliphatic carbocycles. The average Bonchev–Trinajstić information content (AvgIpc) is 2.59. The van der Waals surface area contributed by atoms with Crippen LogP contribution < -0.4 is 16.0 Å². The fourth-order valence-electron chi connectivity index (χ4n) is 1.94. The van der Waals surface area contributed by atoms with Gasteiger partial charge in [-0.25, -0.2) is 0 Å². The number of hydrogen-bond acceptors (Lipinski definition) is 3. The molecule has 1 saturated heterocycles. The number of nitrogens with one attached hydrogen (secondary N) is 3. The average molecular weight is 316 g/mol. The molecule has 3 N–H and O–H groups in total. The highest BCUT2D eigenvalue weighted by Gasteiger charge is 2.23. The van der Waals surface area contributed by atoms with Crippen LogP contribution in [-0.2, 0) is 9.59 Å². The summed E-state index contributed by atoms with van der Waals surface area (Å²) in [5.74, 6) is -0.446. The van der Waals surface area contributed by atoms with Crippen molar-refractivity contribution in [3.8, 4) is 0 Å². The molecule has 1 aromatic carbocycles. The standard InChI is InChI=1S/C13H15Cl2N3O2/c14-8-2-3-9(15)10(6-8)18-12(19)7-11-13(20)17-5-1-4-16-11/h2-3,6,11,16H,1,4-5,7H2,(H,17,20)(H,18,19). The van der Waals surface area contributed by atoms with Crippen LogP contribution in [0.4, 0.5) is 5.69 Å². The molecule has 1 aromatic rings. The lowest BCUT2D eigenvalue weighted by Gasteiger charge is -2.14. The molecule has 2 rings (SSSR count). The molecule has 1 unspecified atom stereocenters. The van der Waals surface area contributed by atoms with Crippen molar-refractivity contribution in [1.82, 2.24) is 10.6 Å². The van der Waals surface area contributed by atoms with E-state index < -0.39 is 6.04 Å². The second-order valence-electron chi connectivity index (χ2n) is 4.53. The van der Waals surface area contributed by atoms with Crippen LogP contribution in [-0.4, -0.2) is 30.9 Å². The molecule has 0 saturated carbocycles. The van der Waals surface area contributed by atoms with E-state index in [2.05, 4.69) is 16.0 Å². The molecule has 1 aliphatic rings. The van der Waals surface area contributed by atoms with Crippen LogP contribution in [0.3, 0.4) is 0 Å². The van der Waals surface area contributed by atoms with Gasteiger partial charge in [0.1, 0.15) is 0 Å². The van der Waals surface area contributed by atoms with Gasteiger partial charge in [0.15, 0.2) is 0 Å². The van der Waals surface area contributed by atoms with Crippen LogP contribution in [0.5, 0.6) is 0 Å². The monoisotopic (exact) mass is 315 g/mol. The lowest BCUT2D eigenvalue weighted by Crippen LogP contribution is -2.43. The first-order valence-electron chi connectivity index (χ1n) is 6.32. The molecule has 20 heavy (non-hydrogen) atoms. The lowest BCUT2D eigenvalue weighted by molar-refractivity contribution is -0.126. The Labute approximate surface area is 127 Å². The SMILES string of the molecule is O=C(CC1NCCCNC1=O)Nc1cc(Cl)ccc1Cl. The molecule has 1 aliphatic heterocycles. The van der Waals surface area contributed by atoms with E-state index in [9.17, 15) is 9.59 Å². The number of benzene rings is 1. The van der Waals surface area contributed by atoms with E-state index in [1.807, 2.05) is 0 Å². The topological polar surface area (TPSA) is 70.2 Å². The molecule has 0 bridgehead atoms. The molecule has 0 spiro atoms. The van der Waals surface area contributed by atoms with Gasteiger partial charge in [-0.05, 0) is 31.2 Å². The number of carbonyl (C=O) groups is 2. The number of rotatable bonds is 3. The predicted molar refractivity (Wildman–Crippen MR) is 79.1 cm³/mol. The second kappa shape index (κ2) is 6.92. The Morgan fingerprint density at radius 2 is 2.15 bits per heavy atom. The minimum Gasteiger partial charge on any atom is -0.355 e. The lowest BCUT2D eigenvalue weighted by atomic mass is 10.2. The van der Waals surface area contributed by atoms with Crippen LogP contribution in [0.15, 0.2) is 18.2 Å². The zero-order valence-corrected chi connectivity index (χ0v) is 12.2. The molecule has 7 heteroatoms. The summed E-state index contributed by atoms with van der Waals surface area (Å²) in [4.78, 5) is 23.7. The Hall–Kier alpha value is -1.30. The van der Waals surface area contributed by atoms with Crippen LogP contribution in [0, 0.1) is 0 Å². The maximum absolute atomic E-state index is 12.0. The quantitative estimate of drug-likeness (QED) is 0.796. The largest absolute Gasteiger partial charge is 0.355 e. The highest BCUT2D eigenvalue weighted by atomic mass is 35.5. The van der Waals surface area contributed by atoms with Gasteiger partial charge in [0.05, 0.1) is 23.2 Å². The van der Waals surface area contributed by atoms with Gasteiger partial charge in [0.25, 0.3) is 0 Å². The van der Waals surface area contributed by atoms with Crippen molar-refractivity contribution < 1.29 is 9.59 Å². The summed E-state index contributed by atoms with van der Waals surface area (Å²) in [6.45, 7) is 1.33. The summed E-state index contributed by atoms with van der Waals surface area (Å²) in [7, 11) is 0. The van der Waals surface area contributed by atoms with E-state index in [1.54, 1.807) is 18.2 Å². The predicted octanol–water partition coefficient (Wildman–Crippen LogP) is 1.80. The van der Waals surface area contributed by atoms with Gasteiger partial charge >= 0.3 is 0 Å². The Balaban J connectivity index is 1.97. The third-order valence-corrected chi connectivity index (χ3v) is 3.52. The maximum Gasteiger partial charge on any atom is 0.237 e. The number of carbonyl (C=O) groups excluding carboxylic acids is 2. The summed E-state index contributed by atoms with van der Waals surface area (Å²) in [5.41, 5.74) is 0.443. The van der Waals surface area contributed by atoms with Crippen molar-refractivity contribution in [2.24, 2.45) is 0 Å². The molecule has 0 radical (unpaired) electrons. The summed E-state index contributed by atoms with van der Waals surface area (Å²) in [5, 5.41) is 9.35. The van der Waals surface area contributed by atoms with Gasteiger partial charge < -0.3 is 16.0 Å². The Kier molecular flexibility index (Phi) is 5.23. The highest BCUT2D eigenvalue weighted by molar-refractivity contribution is 6.35. The molecule has 5 nitrogen and oxygen atoms in total. The fraction of sp³-hybridized carbons (Fsp3) is 0.385. The third kappa shape index (κ3) is 4.10. The normalized spacial score (nSPS) is 19.1. The fourth-order valence-corrected chi connectivity index (χ4v) is 2.27. The Bertz CT molecular complexity index is 522. The minimum atomic E-state index is -0.518. The molecule has 108 valence electrons. The zero-order valence-electron chi connectivity index (χ0n) is 10.7. The second-order valence-corrected chi connectivity index (χ2v) is 5.37. The third-order valence-electron chi connectivity index (χ3n) is 2.95. The number of amides is 2. The maximum atomic E-state index is 12.0. The molecule has 1 atom stereocenters. The van der Waals surface area contributed by atoms with Crippen molar-refractivity contribution in [3.05, 3.63) is 28.2 Å². The van der Waals surface area contributed by atoms with E-state index in [4.69, 9.17) is 23.2 Å². The van der Waals surface area contributed by atoms with Crippen molar-refractivity contribution >= 4 is 40.7 Å². The first-order valence-corrected chi connectivity index (χ1v) is 7.08. The van der Waals surface area contributed by atoms with Crippen LogP contribution >= 0.6 is 23.2 Å². The van der Waals surface area contributed by atoms with E-state index in [0.717, 1.165) is 6.42 Å². The Morgan fingerprint density at radius 1 is 1.35 bits per heavy atom. The highest BCUT2D eigenvalue weighted by Crippen LogP contribution is 2.25. The van der Waals surface area contributed by atoms with Crippen molar-refractivity contribution in [1.29, 1.82) is 0 Å². The van der Waals surface area contributed by atoms with Gasteiger partial charge in [0, 0.05) is 11.6 Å². The van der Waals surface area contributed by atoms with Crippen LogP contribution in [0.2, 0.25) is 10.0 Å². The summed E-state index contributed by atoms with van der Waals surface area (Å²) in [6.07, 6.45) is 0.901. The molecular formula is C13H15Cl2N3O2.